The summed E-state index contributed by atoms with van der Waals surface area (Å²) < 4.78 is 11.4. The first-order valence-electron chi connectivity index (χ1n) is 6.24. The number of hydrogen-bond donors (Lipinski definition) is 0. The van der Waals surface area contributed by atoms with Crippen molar-refractivity contribution in [1.29, 1.82) is 0 Å². The van der Waals surface area contributed by atoms with Gasteiger partial charge in [0.2, 0.25) is 0 Å². The van der Waals surface area contributed by atoms with E-state index in [9.17, 15) is 0 Å². The van der Waals surface area contributed by atoms with Crippen LogP contribution in [0.4, 0.5) is 0 Å². The van der Waals surface area contributed by atoms with E-state index in [0.717, 1.165) is 51.4 Å². The Morgan fingerprint density at radius 1 is 1.17 bits per heavy atom. The van der Waals surface area contributed by atoms with Crippen LogP contribution in [-0.4, -0.2) is 47.2 Å². The van der Waals surface area contributed by atoms with Gasteiger partial charge in [-0.2, -0.15) is 5.10 Å². The van der Waals surface area contributed by atoms with Gasteiger partial charge in [0.05, 0.1) is 18.9 Å². The lowest BCUT2D eigenvalue weighted by Crippen LogP contribution is -2.44. The van der Waals surface area contributed by atoms with Crippen molar-refractivity contribution in [3.63, 3.8) is 0 Å². The van der Waals surface area contributed by atoms with Crippen molar-refractivity contribution >= 4 is 11.6 Å². The summed E-state index contributed by atoms with van der Waals surface area (Å²) >= 11 is 5.72. The van der Waals surface area contributed by atoms with Crippen molar-refractivity contribution in [3.8, 4) is 0 Å². The number of likely N-dealkylation sites (tertiary alicyclic amines) is 1. The van der Waals surface area contributed by atoms with Crippen LogP contribution in [0.3, 0.4) is 0 Å². The van der Waals surface area contributed by atoms with Crippen LogP contribution in [-0.2, 0) is 16.0 Å². The number of hydrogen-bond acceptors (Lipinski definition) is 5. The van der Waals surface area contributed by atoms with Crippen molar-refractivity contribution in [1.82, 2.24) is 15.1 Å². The summed E-state index contributed by atoms with van der Waals surface area (Å²) in [6.07, 6.45) is 1.85. The van der Waals surface area contributed by atoms with Gasteiger partial charge in [-0.05, 0) is 12.1 Å². The SMILES string of the molecule is Clc1ccc(CN2CCC3(CC2)OCCO3)nn1. The molecule has 2 fully saturated rings. The van der Waals surface area contributed by atoms with Crippen LogP contribution >= 0.6 is 11.6 Å². The molecule has 0 bridgehead atoms. The first-order chi connectivity index (χ1) is 8.76. The van der Waals surface area contributed by atoms with Gasteiger partial charge in [0, 0.05) is 32.5 Å². The van der Waals surface area contributed by atoms with Gasteiger partial charge in [0.25, 0.3) is 0 Å². The number of rotatable bonds is 2. The van der Waals surface area contributed by atoms with Gasteiger partial charge in [-0.1, -0.05) is 11.6 Å². The van der Waals surface area contributed by atoms with E-state index in [-0.39, 0.29) is 5.79 Å². The van der Waals surface area contributed by atoms with E-state index in [4.69, 9.17) is 21.1 Å². The summed E-state index contributed by atoms with van der Waals surface area (Å²) in [7, 11) is 0. The van der Waals surface area contributed by atoms with Crippen LogP contribution < -0.4 is 0 Å². The summed E-state index contributed by atoms with van der Waals surface area (Å²) in [5, 5.41) is 8.36. The normalized spacial score (nSPS) is 23.6. The molecule has 0 aromatic carbocycles. The lowest BCUT2D eigenvalue weighted by molar-refractivity contribution is -0.185. The van der Waals surface area contributed by atoms with Gasteiger partial charge in [-0.25, -0.2) is 0 Å². The fraction of sp³-hybridized carbons (Fsp3) is 0.667. The maximum atomic E-state index is 5.72. The second-order valence-corrected chi connectivity index (χ2v) is 5.12. The molecule has 0 unspecified atom stereocenters. The van der Waals surface area contributed by atoms with Crippen LogP contribution in [0.1, 0.15) is 18.5 Å². The van der Waals surface area contributed by atoms with Crippen molar-refractivity contribution < 1.29 is 9.47 Å². The molecular formula is C12H16ClN3O2. The number of halogens is 1. The fourth-order valence-corrected chi connectivity index (χ4v) is 2.60. The Labute approximate surface area is 111 Å². The lowest BCUT2D eigenvalue weighted by Gasteiger charge is -2.37. The minimum absolute atomic E-state index is 0.303. The molecule has 3 heterocycles. The Morgan fingerprint density at radius 2 is 1.89 bits per heavy atom. The molecule has 1 spiro atoms. The molecule has 5 nitrogen and oxygen atoms in total. The van der Waals surface area contributed by atoms with E-state index < -0.39 is 0 Å². The molecule has 0 atom stereocenters. The Kier molecular flexibility index (Phi) is 3.48. The van der Waals surface area contributed by atoms with Crippen LogP contribution in [0.5, 0.6) is 0 Å². The zero-order valence-corrected chi connectivity index (χ0v) is 10.9. The smallest absolute Gasteiger partial charge is 0.170 e. The second kappa shape index (κ2) is 5.09. The molecule has 18 heavy (non-hydrogen) atoms. The summed E-state index contributed by atoms with van der Waals surface area (Å²) in [5.74, 6) is -0.303. The molecule has 1 aromatic rings. The first-order valence-corrected chi connectivity index (χ1v) is 6.62. The van der Waals surface area contributed by atoms with E-state index in [1.807, 2.05) is 6.07 Å². The van der Waals surface area contributed by atoms with E-state index in [1.165, 1.54) is 0 Å². The van der Waals surface area contributed by atoms with Crippen LogP contribution in [0.25, 0.3) is 0 Å². The van der Waals surface area contributed by atoms with Gasteiger partial charge < -0.3 is 9.47 Å². The molecule has 0 aliphatic carbocycles. The molecule has 0 saturated carbocycles. The Morgan fingerprint density at radius 3 is 2.50 bits per heavy atom. The van der Waals surface area contributed by atoms with Gasteiger partial charge in [-0.15, -0.1) is 5.10 Å². The van der Waals surface area contributed by atoms with Crippen LogP contribution in [0.15, 0.2) is 12.1 Å². The van der Waals surface area contributed by atoms with Crippen LogP contribution in [0.2, 0.25) is 5.15 Å². The quantitative estimate of drug-likeness (QED) is 0.814. The molecule has 2 aliphatic heterocycles. The fourth-order valence-electron chi connectivity index (χ4n) is 2.49. The number of piperidine rings is 1. The zero-order chi connectivity index (χ0) is 12.4. The first kappa shape index (κ1) is 12.3. The molecule has 2 aliphatic rings. The summed E-state index contributed by atoms with van der Waals surface area (Å²) in [5.41, 5.74) is 0.948. The highest BCUT2D eigenvalue weighted by Crippen LogP contribution is 2.31. The van der Waals surface area contributed by atoms with E-state index in [0.29, 0.717) is 5.15 Å². The molecule has 6 heteroatoms. The Bertz CT molecular complexity index is 396. The highest BCUT2D eigenvalue weighted by atomic mass is 35.5. The summed E-state index contributed by atoms with van der Waals surface area (Å²) in [6.45, 7) is 4.18. The van der Waals surface area contributed by atoms with E-state index in [2.05, 4.69) is 15.1 Å². The number of aromatic nitrogens is 2. The maximum Gasteiger partial charge on any atom is 0.170 e. The van der Waals surface area contributed by atoms with Gasteiger partial charge in [0.1, 0.15) is 0 Å². The van der Waals surface area contributed by atoms with Crippen molar-refractivity contribution in [3.05, 3.63) is 23.0 Å². The molecule has 1 aromatic heterocycles. The predicted octanol–water partition coefficient (Wildman–Crippen LogP) is 1.47. The largest absolute Gasteiger partial charge is 0.347 e. The third-order valence-corrected chi connectivity index (χ3v) is 3.71. The molecule has 0 N–H and O–H groups in total. The second-order valence-electron chi connectivity index (χ2n) is 4.73. The monoisotopic (exact) mass is 269 g/mol. The molecule has 0 radical (unpaired) electrons. The summed E-state index contributed by atoms with van der Waals surface area (Å²) in [4.78, 5) is 2.34. The van der Waals surface area contributed by atoms with E-state index in [1.54, 1.807) is 6.07 Å². The highest BCUT2D eigenvalue weighted by molar-refractivity contribution is 6.29. The van der Waals surface area contributed by atoms with Gasteiger partial charge in [-0.3, -0.25) is 4.90 Å². The topological polar surface area (TPSA) is 47.5 Å². The molecule has 98 valence electrons. The average Bonchev–Trinajstić information content (AvgIpc) is 2.84. The van der Waals surface area contributed by atoms with Crippen molar-refractivity contribution in [2.45, 2.75) is 25.2 Å². The maximum absolute atomic E-state index is 5.72. The Hall–Kier alpha value is -0.750. The lowest BCUT2D eigenvalue weighted by atomic mass is 10.0. The third-order valence-electron chi connectivity index (χ3n) is 3.50. The summed E-state index contributed by atoms with van der Waals surface area (Å²) in [6, 6.07) is 3.70. The molecule has 2 saturated heterocycles. The average molecular weight is 270 g/mol. The van der Waals surface area contributed by atoms with Gasteiger partial charge in [0.15, 0.2) is 10.9 Å². The minimum atomic E-state index is -0.303. The third kappa shape index (κ3) is 2.64. The van der Waals surface area contributed by atoms with Crippen molar-refractivity contribution in [2.75, 3.05) is 26.3 Å². The molecular weight excluding hydrogens is 254 g/mol. The standard InChI is InChI=1S/C12H16ClN3O2/c13-11-2-1-10(14-15-11)9-16-5-3-12(4-6-16)17-7-8-18-12/h1-2H,3-9H2. The number of ether oxygens (including phenoxy) is 2. The van der Waals surface area contributed by atoms with E-state index >= 15 is 0 Å². The highest BCUT2D eigenvalue weighted by Gasteiger charge is 2.39. The Balaban J connectivity index is 1.55. The minimum Gasteiger partial charge on any atom is -0.347 e. The zero-order valence-electron chi connectivity index (χ0n) is 10.1. The predicted molar refractivity (Wildman–Crippen MR) is 66.2 cm³/mol. The molecule has 3 rings (SSSR count). The van der Waals surface area contributed by atoms with Crippen LogP contribution in [0, 0.1) is 0 Å². The number of nitrogens with zero attached hydrogens (tertiary/aromatic N) is 3. The van der Waals surface area contributed by atoms with Gasteiger partial charge >= 0.3 is 0 Å². The van der Waals surface area contributed by atoms with Crippen molar-refractivity contribution in [2.24, 2.45) is 0 Å². The molecule has 0 amide bonds.